The van der Waals surface area contributed by atoms with E-state index >= 15 is 0 Å². The zero-order valence-corrected chi connectivity index (χ0v) is 37.4. The van der Waals surface area contributed by atoms with Crippen molar-refractivity contribution < 1.29 is 19.7 Å². The number of hydrogen-bond acceptors (Lipinski definition) is 12. The first-order valence-corrected chi connectivity index (χ1v) is 23.9. The minimum absolute atomic E-state index is 0.00801. The molecule has 2 fully saturated rings. The molecule has 0 radical (unpaired) electrons. The third kappa shape index (κ3) is 10.9. The molecule has 10 aliphatic carbocycles. The van der Waals surface area contributed by atoms with Gasteiger partial charge in [-0.3, -0.25) is 45.9 Å². The minimum Gasteiger partial charge on any atom is -0.315 e. The number of aryl methyl sites for hydroxylation is 2. The highest BCUT2D eigenvalue weighted by Crippen LogP contribution is 2.45. The molecule has 0 heterocycles. The summed E-state index contributed by atoms with van der Waals surface area (Å²) in [7, 11) is 0. The Bertz CT molecular complexity index is 2410. The largest absolute Gasteiger partial charge is 0.315 e. The monoisotopic (exact) mass is 900 g/mol. The van der Waals surface area contributed by atoms with E-state index in [-0.39, 0.29) is 11.4 Å². The number of non-ortho nitro benzene ring substituents is 2. The summed E-state index contributed by atoms with van der Waals surface area (Å²) in [5, 5.41) is 53.7. The smallest absolute Gasteiger partial charge is 0.301 e. The molecule has 4 aromatic carbocycles. The molecule has 0 aromatic heterocycles. The summed E-state index contributed by atoms with van der Waals surface area (Å²) in [6, 6.07) is 24.0. The summed E-state index contributed by atoms with van der Waals surface area (Å²) in [5.74, 6) is 1.95. The highest BCUT2D eigenvalue weighted by atomic mass is 16.6. The van der Waals surface area contributed by atoms with Crippen molar-refractivity contribution in [3.8, 4) is 0 Å². The van der Waals surface area contributed by atoms with E-state index in [9.17, 15) is 40.5 Å². The quantitative estimate of drug-likeness (QED) is 0.100. The molecular formula is C50H60N8O8. The summed E-state index contributed by atoms with van der Waals surface area (Å²) in [4.78, 5) is 45.9. The fourth-order valence-electron chi connectivity index (χ4n) is 11.5. The zero-order valence-electron chi connectivity index (χ0n) is 37.4. The van der Waals surface area contributed by atoms with Gasteiger partial charge >= 0.3 is 11.4 Å². The Kier molecular flexibility index (Phi) is 14.6. The van der Waals surface area contributed by atoms with Crippen LogP contribution in [0.25, 0.3) is 0 Å². The standard InChI is InChI=1S/C50H60N8O8/c59-55(60)42-26-29-45(47(32-42)57(63)64)51-53-49-40-22-17-36(18-23-40)6-1-4-35-13-15-39(16-14-35)21-28-44(49)50(54-52-46-30-27-43(56(61)62)33-48(46)58(65)66)31-3-8-38-11-9-34(10-12-38)5-2-7-37-19-24-41(50)25-20-37/h17-20,22-27,29-30,32-35,38-39,44,51-52,54H,1-16,21,28,31H2. The molecular weight excluding hydrogens is 841 g/mol. The molecule has 2 unspecified atom stereocenters. The van der Waals surface area contributed by atoms with Crippen LogP contribution in [0, 0.1) is 70.0 Å². The van der Waals surface area contributed by atoms with E-state index in [1.165, 1.54) is 86.8 Å². The van der Waals surface area contributed by atoms with Gasteiger partial charge in [-0.1, -0.05) is 126 Å². The number of nitro groups is 4. The van der Waals surface area contributed by atoms with Crippen molar-refractivity contribution in [2.75, 3.05) is 10.9 Å². The molecule has 0 spiro atoms. The molecule has 2 saturated carbocycles. The van der Waals surface area contributed by atoms with Crippen LogP contribution in [0.2, 0.25) is 0 Å². The van der Waals surface area contributed by atoms with Gasteiger partial charge in [0.25, 0.3) is 11.4 Å². The lowest BCUT2D eigenvalue weighted by Crippen LogP contribution is -2.54. The second-order valence-corrected chi connectivity index (χ2v) is 19.2. The Morgan fingerprint density at radius 2 is 0.955 bits per heavy atom. The van der Waals surface area contributed by atoms with Crippen molar-refractivity contribution in [1.29, 1.82) is 0 Å². The maximum atomic E-state index is 12.6. The Morgan fingerprint density at radius 1 is 0.500 bits per heavy atom. The molecule has 66 heavy (non-hydrogen) atoms. The van der Waals surface area contributed by atoms with Crippen molar-refractivity contribution in [3.63, 3.8) is 0 Å². The Labute approximate surface area is 384 Å². The average Bonchev–Trinajstić information content (AvgIpc) is 3.34. The van der Waals surface area contributed by atoms with Gasteiger partial charge in [-0.25, -0.2) is 5.43 Å². The highest BCUT2D eigenvalue weighted by molar-refractivity contribution is 6.03. The third-order valence-electron chi connectivity index (χ3n) is 15.3. The normalized spacial score (nSPS) is 25.5. The van der Waals surface area contributed by atoms with Gasteiger partial charge in [0.2, 0.25) is 0 Å². The fourth-order valence-corrected chi connectivity index (χ4v) is 11.5. The van der Waals surface area contributed by atoms with Gasteiger partial charge in [-0.15, -0.1) is 0 Å². The van der Waals surface area contributed by atoms with Crippen molar-refractivity contribution in [2.24, 2.45) is 34.7 Å². The summed E-state index contributed by atoms with van der Waals surface area (Å²) in [5.41, 5.74) is 12.0. The van der Waals surface area contributed by atoms with Gasteiger partial charge < -0.3 is 5.43 Å². The van der Waals surface area contributed by atoms with Crippen molar-refractivity contribution in [2.45, 2.75) is 128 Å². The number of anilines is 2. The van der Waals surface area contributed by atoms with Crippen LogP contribution in [0.5, 0.6) is 0 Å². The van der Waals surface area contributed by atoms with Crippen LogP contribution in [0.1, 0.15) is 131 Å². The predicted molar refractivity (Wildman–Crippen MR) is 254 cm³/mol. The highest BCUT2D eigenvalue weighted by Gasteiger charge is 2.45. The maximum Gasteiger partial charge on any atom is 0.301 e. The van der Waals surface area contributed by atoms with E-state index < -0.39 is 53.9 Å². The van der Waals surface area contributed by atoms with Crippen LogP contribution in [-0.2, 0) is 18.4 Å². The van der Waals surface area contributed by atoms with Gasteiger partial charge in [0.05, 0.1) is 43.1 Å². The van der Waals surface area contributed by atoms with Crippen LogP contribution in [0.3, 0.4) is 0 Å². The number of nitro benzene ring substituents is 4. The minimum atomic E-state index is -1.03. The average molecular weight is 901 g/mol. The summed E-state index contributed by atoms with van der Waals surface area (Å²) >= 11 is 0. The number of hydrazine groups is 1. The number of rotatable bonds is 10. The molecule has 10 aliphatic rings. The van der Waals surface area contributed by atoms with Gasteiger partial charge in [0.15, 0.2) is 0 Å². The second-order valence-electron chi connectivity index (χ2n) is 19.2. The van der Waals surface area contributed by atoms with E-state index in [0.29, 0.717) is 36.3 Å². The number of nitrogens with one attached hydrogen (secondary N) is 3. The van der Waals surface area contributed by atoms with Gasteiger partial charge in [0.1, 0.15) is 11.4 Å². The number of hydrogen-bond donors (Lipinski definition) is 3. The van der Waals surface area contributed by atoms with E-state index in [4.69, 9.17) is 5.10 Å². The molecule has 16 heteroatoms. The number of nitrogens with zero attached hydrogens (tertiary/aromatic N) is 5. The summed E-state index contributed by atoms with van der Waals surface area (Å²) < 4.78 is 0. The van der Waals surface area contributed by atoms with E-state index in [1.807, 2.05) is 0 Å². The van der Waals surface area contributed by atoms with Crippen LogP contribution in [0.15, 0.2) is 90.0 Å². The van der Waals surface area contributed by atoms with Crippen LogP contribution >= 0.6 is 0 Å². The Hall–Kier alpha value is -6.29. The van der Waals surface area contributed by atoms with Crippen LogP contribution < -0.4 is 16.3 Å². The molecule has 14 rings (SSSR count). The first-order valence-electron chi connectivity index (χ1n) is 23.9. The molecule has 8 bridgehead atoms. The lowest BCUT2D eigenvalue weighted by Gasteiger charge is -2.44. The maximum absolute atomic E-state index is 12.6. The zero-order chi connectivity index (χ0) is 46.2. The molecule has 0 aliphatic heterocycles. The SMILES string of the molecule is O=[N+]([O-])c1ccc(NN=C2c3ccc(cc3)CCCC3CCC(CC3)CCC2C2(NNc3ccc([N+](=O)[O-])cc3[N+](=O)[O-])CCCC3CCC(CCCc4ccc2cc4)CC3)c([N+](=O)[O-])c1. The van der Waals surface area contributed by atoms with E-state index in [1.54, 1.807) is 0 Å². The lowest BCUT2D eigenvalue weighted by atomic mass is 9.67. The summed E-state index contributed by atoms with van der Waals surface area (Å²) in [6.45, 7) is 0. The number of benzene rings is 4. The van der Waals surface area contributed by atoms with Crippen molar-refractivity contribution in [1.82, 2.24) is 5.43 Å². The molecule has 3 N–H and O–H groups in total. The van der Waals surface area contributed by atoms with Gasteiger partial charge in [0, 0.05) is 18.1 Å². The Balaban J connectivity index is 1.33. The van der Waals surface area contributed by atoms with Gasteiger partial charge in [-0.2, -0.15) is 5.10 Å². The van der Waals surface area contributed by atoms with E-state index in [0.717, 1.165) is 87.0 Å². The fraction of sp³-hybridized carbons (Fsp3) is 0.500. The van der Waals surface area contributed by atoms with Gasteiger partial charge in [-0.05, 0) is 103 Å². The first-order chi connectivity index (χ1) is 32.0. The van der Waals surface area contributed by atoms with E-state index in [2.05, 4.69) is 64.8 Å². The van der Waals surface area contributed by atoms with Crippen LogP contribution in [0.4, 0.5) is 34.1 Å². The molecule has 0 saturated heterocycles. The second kappa shape index (κ2) is 20.9. The number of hydrazone groups is 1. The first kappa shape index (κ1) is 46.2. The topological polar surface area (TPSA) is 221 Å². The van der Waals surface area contributed by atoms with Crippen molar-refractivity contribution in [3.05, 3.63) is 148 Å². The third-order valence-corrected chi connectivity index (χ3v) is 15.3. The molecule has 2 atom stereocenters. The Morgan fingerprint density at radius 3 is 1.47 bits per heavy atom. The predicted octanol–water partition coefficient (Wildman–Crippen LogP) is 12.5. The summed E-state index contributed by atoms with van der Waals surface area (Å²) in [6.07, 6.45) is 19.6. The van der Waals surface area contributed by atoms with Crippen LogP contribution in [-0.4, -0.2) is 25.4 Å². The molecule has 348 valence electrons. The molecule has 0 amide bonds. The van der Waals surface area contributed by atoms with Crippen molar-refractivity contribution >= 4 is 39.8 Å². The molecule has 4 aromatic rings. The lowest BCUT2D eigenvalue weighted by molar-refractivity contribution is -0.393. The molecule has 16 nitrogen and oxygen atoms in total.